The molecule has 0 saturated carbocycles. The molecule has 1 N–H and O–H groups in total. The highest BCUT2D eigenvalue weighted by molar-refractivity contribution is 5.13. The van der Waals surface area contributed by atoms with Crippen LogP contribution in [0.25, 0.3) is 0 Å². The van der Waals surface area contributed by atoms with Crippen LogP contribution in [-0.2, 0) is 11.3 Å². The van der Waals surface area contributed by atoms with Crippen LogP contribution in [0.5, 0.6) is 0 Å². The predicted octanol–water partition coefficient (Wildman–Crippen LogP) is 3.07. The number of aliphatic hydroxyl groups is 1. The largest absolute Gasteiger partial charge is 0.409 e. The first-order valence-electron chi connectivity index (χ1n) is 5.53. The number of benzene rings is 1. The van der Waals surface area contributed by atoms with Crippen molar-refractivity contribution in [1.29, 1.82) is 0 Å². The van der Waals surface area contributed by atoms with Crippen LogP contribution in [0.3, 0.4) is 0 Å². The third kappa shape index (κ3) is 7.09. The number of rotatable bonds is 6. The summed E-state index contributed by atoms with van der Waals surface area (Å²) < 4.78 is 40.6. The van der Waals surface area contributed by atoms with Gasteiger partial charge in [0.1, 0.15) is 0 Å². The first-order valence-corrected chi connectivity index (χ1v) is 5.53. The second-order valence-corrected chi connectivity index (χ2v) is 3.79. The van der Waals surface area contributed by atoms with E-state index in [2.05, 4.69) is 0 Å². The summed E-state index contributed by atoms with van der Waals surface area (Å²) in [6.45, 7) is 0.592. The Kier molecular flexibility index (Phi) is 5.88. The summed E-state index contributed by atoms with van der Waals surface area (Å²) in [6, 6.07) is 9.41. The third-order valence-electron chi connectivity index (χ3n) is 2.18. The zero-order valence-electron chi connectivity index (χ0n) is 9.73. The normalized spacial score (nSPS) is 14.0. The molecule has 1 atom stereocenters. The molecule has 0 aliphatic heterocycles. The number of allylic oxidation sites excluding steroid dienone is 1. The number of hydrogen-bond acceptors (Lipinski definition) is 2. The van der Waals surface area contributed by atoms with Gasteiger partial charge in [0.25, 0.3) is 0 Å². The second-order valence-electron chi connectivity index (χ2n) is 3.79. The molecule has 5 heteroatoms. The second kappa shape index (κ2) is 7.18. The fourth-order valence-electron chi connectivity index (χ4n) is 1.28. The van der Waals surface area contributed by atoms with E-state index in [0.717, 1.165) is 11.6 Å². The Labute approximate surface area is 104 Å². The number of alkyl halides is 3. The van der Waals surface area contributed by atoms with Gasteiger partial charge in [-0.3, -0.25) is 0 Å². The van der Waals surface area contributed by atoms with Gasteiger partial charge in [-0.05, 0) is 5.56 Å². The van der Waals surface area contributed by atoms with E-state index in [4.69, 9.17) is 4.74 Å². The number of hydrogen-bond donors (Lipinski definition) is 1. The number of halogens is 3. The monoisotopic (exact) mass is 260 g/mol. The Morgan fingerprint density at radius 1 is 1.22 bits per heavy atom. The van der Waals surface area contributed by atoms with Gasteiger partial charge in [0.05, 0.1) is 12.7 Å². The van der Waals surface area contributed by atoms with E-state index in [1.165, 1.54) is 0 Å². The molecule has 0 aliphatic carbocycles. The Hall–Kier alpha value is -1.33. The van der Waals surface area contributed by atoms with Gasteiger partial charge in [-0.2, -0.15) is 13.2 Å². The van der Waals surface area contributed by atoms with Gasteiger partial charge in [0.15, 0.2) is 0 Å². The van der Waals surface area contributed by atoms with Crippen LogP contribution >= 0.6 is 0 Å². The molecule has 1 rings (SSSR count). The van der Waals surface area contributed by atoms with Crippen molar-refractivity contribution in [2.45, 2.75) is 25.3 Å². The lowest BCUT2D eigenvalue weighted by Gasteiger charge is -2.07. The van der Waals surface area contributed by atoms with Gasteiger partial charge in [-0.25, -0.2) is 0 Å². The van der Waals surface area contributed by atoms with E-state index < -0.39 is 12.3 Å². The minimum absolute atomic E-state index is 0.0366. The van der Waals surface area contributed by atoms with Crippen LogP contribution < -0.4 is 0 Å². The Balaban J connectivity index is 2.16. The molecule has 0 saturated heterocycles. The molecule has 1 unspecified atom stereocenters. The highest BCUT2D eigenvalue weighted by Gasteiger charge is 2.22. The van der Waals surface area contributed by atoms with Gasteiger partial charge >= 0.3 is 6.18 Å². The van der Waals surface area contributed by atoms with Crippen molar-refractivity contribution in [3.63, 3.8) is 0 Å². The van der Waals surface area contributed by atoms with E-state index in [0.29, 0.717) is 6.61 Å². The molecule has 18 heavy (non-hydrogen) atoms. The van der Waals surface area contributed by atoms with E-state index in [1.807, 2.05) is 30.3 Å². The molecule has 0 aromatic heterocycles. The quantitative estimate of drug-likeness (QED) is 0.629. The summed E-state index contributed by atoms with van der Waals surface area (Å²) in [6.07, 6.45) is -4.62. The predicted molar refractivity (Wildman–Crippen MR) is 61.9 cm³/mol. The molecule has 1 aromatic carbocycles. The van der Waals surface area contributed by atoms with Crippen molar-refractivity contribution in [2.24, 2.45) is 0 Å². The molecule has 0 amide bonds. The van der Waals surface area contributed by atoms with Crippen molar-refractivity contribution in [2.75, 3.05) is 6.61 Å². The van der Waals surface area contributed by atoms with Gasteiger partial charge in [-0.15, -0.1) is 0 Å². The summed E-state index contributed by atoms with van der Waals surface area (Å²) in [5.74, 6) is 0. The standard InChI is InChI=1S/C13H15F3O2/c14-13(15,16)8-6-12(17)7-9-18-10-11-4-2-1-3-5-11/h1-6,8,12,17H,7,9-10H2/b8-6+. The van der Waals surface area contributed by atoms with Crippen LogP contribution in [0.4, 0.5) is 13.2 Å². The molecular weight excluding hydrogens is 245 g/mol. The highest BCUT2D eigenvalue weighted by atomic mass is 19.4. The molecular formula is C13H15F3O2. The average molecular weight is 260 g/mol. The first kappa shape index (κ1) is 14.7. The molecule has 0 heterocycles. The van der Waals surface area contributed by atoms with Gasteiger partial charge in [0.2, 0.25) is 0 Å². The van der Waals surface area contributed by atoms with E-state index >= 15 is 0 Å². The molecule has 0 bridgehead atoms. The maximum Gasteiger partial charge on any atom is 0.409 e. The Bertz CT molecular complexity index is 360. The summed E-state index contributed by atoms with van der Waals surface area (Å²) in [4.78, 5) is 0. The van der Waals surface area contributed by atoms with Crippen molar-refractivity contribution in [3.05, 3.63) is 48.0 Å². The maximum atomic E-state index is 11.8. The van der Waals surface area contributed by atoms with Crippen LogP contribution in [0.2, 0.25) is 0 Å². The summed E-state index contributed by atoms with van der Waals surface area (Å²) >= 11 is 0. The molecule has 1 aromatic rings. The lowest BCUT2D eigenvalue weighted by molar-refractivity contribution is -0.0806. The van der Waals surface area contributed by atoms with Crippen LogP contribution in [-0.4, -0.2) is 24.0 Å². The fraction of sp³-hybridized carbons (Fsp3) is 0.385. The Morgan fingerprint density at radius 3 is 2.50 bits per heavy atom. The molecule has 0 fully saturated rings. The number of ether oxygens (including phenoxy) is 1. The van der Waals surface area contributed by atoms with Crippen molar-refractivity contribution in [1.82, 2.24) is 0 Å². The molecule has 0 spiro atoms. The SMILES string of the molecule is OC(/C=C/C(F)(F)F)CCOCc1ccccc1. The smallest absolute Gasteiger partial charge is 0.389 e. The first-order chi connectivity index (χ1) is 8.47. The highest BCUT2D eigenvalue weighted by Crippen LogP contribution is 2.16. The van der Waals surface area contributed by atoms with Crippen LogP contribution in [0.1, 0.15) is 12.0 Å². The van der Waals surface area contributed by atoms with Crippen molar-refractivity contribution in [3.8, 4) is 0 Å². The van der Waals surface area contributed by atoms with Crippen LogP contribution in [0, 0.1) is 0 Å². The lowest BCUT2D eigenvalue weighted by atomic mass is 10.2. The zero-order chi connectivity index (χ0) is 13.4. The minimum Gasteiger partial charge on any atom is -0.389 e. The minimum atomic E-state index is -4.38. The van der Waals surface area contributed by atoms with Gasteiger partial charge in [0, 0.05) is 19.1 Å². The molecule has 0 aliphatic rings. The molecule has 100 valence electrons. The van der Waals surface area contributed by atoms with E-state index in [9.17, 15) is 18.3 Å². The van der Waals surface area contributed by atoms with Gasteiger partial charge < -0.3 is 9.84 Å². The average Bonchev–Trinajstić information content (AvgIpc) is 2.33. The van der Waals surface area contributed by atoms with E-state index in [-0.39, 0.29) is 19.1 Å². The van der Waals surface area contributed by atoms with Crippen molar-refractivity contribution < 1.29 is 23.0 Å². The van der Waals surface area contributed by atoms with Crippen molar-refractivity contribution >= 4 is 0 Å². The summed E-state index contributed by atoms with van der Waals surface area (Å²) in [5, 5.41) is 9.24. The zero-order valence-corrected chi connectivity index (χ0v) is 9.73. The number of aliphatic hydroxyl groups excluding tert-OH is 1. The Morgan fingerprint density at radius 2 is 1.89 bits per heavy atom. The molecule has 2 nitrogen and oxygen atoms in total. The lowest BCUT2D eigenvalue weighted by Crippen LogP contribution is -2.10. The third-order valence-corrected chi connectivity index (χ3v) is 2.18. The summed E-state index contributed by atoms with van der Waals surface area (Å²) in [7, 11) is 0. The van der Waals surface area contributed by atoms with Crippen LogP contribution in [0.15, 0.2) is 42.5 Å². The maximum absolute atomic E-state index is 11.8. The topological polar surface area (TPSA) is 29.5 Å². The fourth-order valence-corrected chi connectivity index (χ4v) is 1.28. The van der Waals surface area contributed by atoms with E-state index in [1.54, 1.807) is 0 Å². The van der Waals surface area contributed by atoms with Gasteiger partial charge in [-0.1, -0.05) is 36.4 Å². The summed E-state index contributed by atoms with van der Waals surface area (Å²) in [5.41, 5.74) is 0.984. The molecule has 0 radical (unpaired) electrons.